The zero-order valence-corrected chi connectivity index (χ0v) is 24.4. The van der Waals surface area contributed by atoms with Crippen LogP contribution >= 0.6 is 0 Å². The summed E-state index contributed by atoms with van der Waals surface area (Å²) in [7, 11) is 1.59. The maximum absolute atomic E-state index is 14.2. The lowest BCUT2D eigenvalue weighted by atomic mass is 9.73. The second-order valence-corrected chi connectivity index (χ2v) is 12.7. The van der Waals surface area contributed by atoms with Crippen molar-refractivity contribution in [3.05, 3.63) is 48.1 Å². The smallest absolute Gasteiger partial charge is 0.246 e. The Hall–Kier alpha value is -3.13. The normalized spacial score (nSPS) is 35.7. The van der Waals surface area contributed by atoms with Crippen molar-refractivity contribution in [2.45, 2.75) is 89.0 Å². The fraction of sp³-hybridized carbons (Fsp3) is 0.606. The van der Waals surface area contributed by atoms with Gasteiger partial charge in [0.05, 0.1) is 25.0 Å². The molecular formula is C33H43N3O5. The number of hydrogen-bond donors (Lipinski definition) is 2. The van der Waals surface area contributed by atoms with Crippen molar-refractivity contribution in [3.8, 4) is 5.75 Å². The number of nitrogens with one attached hydrogen (secondary N) is 2. The first-order valence-electron chi connectivity index (χ1n) is 15.4. The summed E-state index contributed by atoms with van der Waals surface area (Å²) >= 11 is 0. The number of carbonyl (C=O) groups excluding carboxylic acids is 3. The molecular weight excluding hydrogens is 518 g/mol. The minimum atomic E-state index is -1.14. The van der Waals surface area contributed by atoms with Gasteiger partial charge in [0.15, 0.2) is 0 Å². The second-order valence-electron chi connectivity index (χ2n) is 12.7. The molecule has 1 aromatic rings. The van der Waals surface area contributed by atoms with Crippen molar-refractivity contribution in [2.75, 3.05) is 19.0 Å². The van der Waals surface area contributed by atoms with E-state index in [1.807, 2.05) is 12.2 Å². The third-order valence-corrected chi connectivity index (χ3v) is 10.4. The number of rotatable bonds is 8. The van der Waals surface area contributed by atoms with Crippen LogP contribution in [-0.2, 0) is 19.1 Å². The molecule has 3 heterocycles. The molecule has 8 atom stereocenters. The summed E-state index contributed by atoms with van der Waals surface area (Å²) in [5, 5.41) is 6.32. The minimum Gasteiger partial charge on any atom is -0.497 e. The van der Waals surface area contributed by atoms with Gasteiger partial charge in [-0.25, -0.2) is 0 Å². The van der Waals surface area contributed by atoms with Crippen LogP contribution in [0.1, 0.15) is 65.2 Å². The first kappa shape index (κ1) is 28.0. The van der Waals surface area contributed by atoms with Crippen molar-refractivity contribution in [1.29, 1.82) is 0 Å². The Labute approximate surface area is 242 Å². The number of benzene rings is 1. The molecule has 0 radical (unpaired) electrons. The van der Waals surface area contributed by atoms with Crippen LogP contribution in [0.5, 0.6) is 5.75 Å². The molecule has 2 N–H and O–H groups in total. The molecule has 1 spiro atoms. The van der Waals surface area contributed by atoms with Gasteiger partial charge in [0.1, 0.15) is 17.4 Å². The number of carbonyl (C=O) groups is 3. The molecule has 1 saturated carbocycles. The van der Waals surface area contributed by atoms with E-state index in [9.17, 15) is 14.4 Å². The number of ether oxygens (including phenoxy) is 2. The van der Waals surface area contributed by atoms with E-state index in [4.69, 9.17) is 9.47 Å². The SMILES string of the molecule is COc1ccc(NC(=O)[C@@H]2[C@@H]3C=C[C@]4(O3)[C@@H]2C(=O)N(CCC2=CCCCC2)[C@H]4C(=O)N[C@@H]2CCC[C@@H](C)[C@@H]2C)cc1. The van der Waals surface area contributed by atoms with Crippen LogP contribution in [0.3, 0.4) is 0 Å². The molecule has 5 aliphatic rings. The fourth-order valence-electron chi connectivity index (χ4n) is 7.85. The van der Waals surface area contributed by atoms with Crippen LogP contribution in [0.25, 0.3) is 0 Å². The van der Waals surface area contributed by atoms with Gasteiger partial charge in [-0.1, -0.05) is 50.5 Å². The Morgan fingerprint density at radius 3 is 2.63 bits per heavy atom. The number of amides is 3. The molecule has 2 saturated heterocycles. The molecule has 3 aliphatic heterocycles. The van der Waals surface area contributed by atoms with E-state index in [0.717, 1.165) is 38.5 Å². The third kappa shape index (κ3) is 4.98. The van der Waals surface area contributed by atoms with Gasteiger partial charge in [0.2, 0.25) is 17.7 Å². The van der Waals surface area contributed by atoms with E-state index < -0.39 is 29.6 Å². The molecule has 8 nitrogen and oxygen atoms in total. The zero-order chi connectivity index (χ0) is 28.7. The molecule has 3 fully saturated rings. The van der Waals surface area contributed by atoms with Gasteiger partial charge in [0.25, 0.3) is 0 Å². The summed E-state index contributed by atoms with van der Waals surface area (Å²) in [5.74, 6) is -0.456. The van der Waals surface area contributed by atoms with Gasteiger partial charge < -0.3 is 25.0 Å². The molecule has 41 heavy (non-hydrogen) atoms. The van der Waals surface area contributed by atoms with Crippen LogP contribution in [-0.4, -0.2) is 60.1 Å². The van der Waals surface area contributed by atoms with E-state index in [1.165, 1.54) is 18.4 Å². The van der Waals surface area contributed by atoms with E-state index >= 15 is 0 Å². The largest absolute Gasteiger partial charge is 0.497 e. The van der Waals surface area contributed by atoms with Gasteiger partial charge >= 0.3 is 0 Å². The summed E-state index contributed by atoms with van der Waals surface area (Å²) < 4.78 is 11.8. The van der Waals surface area contributed by atoms with Crippen LogP contribution in [0.2, 0.25) is 0 Å². The number of fused-ring (bicyclic) bond motifs is 1. The molecule has 2 aliphatic carbocycles. The van der Waals surface area contributed by atoms with Gasteiger partial charge in [-0.3, -0.25) is 14.4 Å². The standard InChI is InChI=1S/C33H43N3O5/c1-20-8-7-11-25(21(20)2)35-31(38)29-33-18-16-26(41-33)27(30(37)34-23-12-14-24(40-3)15-13-23)28(33)32(39)36(29)19-17-22-9-5-4-6-10-22/h9,12-16,18,20-21,25-29H,4-8,10-11,17,19H2,1-3H3,(H,34,37)(H,35,38)/t20-,21+,25-,26+,27-,28+,29+,33+/m1/s1. The summed E-state index contributed by atoms with van der Waals surface area (Å²) in [6.07, 6.45) is 13.9. The predicted octanol–water partition coefficient (Wildman–Crippen LogP) is 4.62. The van der Waals surface area contributed by atoms with E-state index in [0.29, 0.717) is 29.8 Å². The number of anilines is 1. The van der Waals surface area contributed by atoms with Gasteiger partial charge in [0, 0.05) is 18.3 Å². The Morgan fingerprint density at radius 1 is 1.10 bits per heavy atom. The van der Waals surface area contributed by atoms with Crippen LogP contribution in [0.4, 0.5) is 5.69 Å². The highest BCUT2D eigenvalue weighted by molar-refractivity contribution is 6.02. The van der Waals surface area contributed by atoms with Crippen molar-refractivity contribution in [1.82, 2.24) is 10.2 Å². The van der Waals surface area contributed by atoms with Crippen molar-refractivity contribution in [2.24, 2.45) is 23.7 Å². The van der Waals surface area contributed by atoms with Crippen LogP contribution < -0.4 is 15.4 Å². The predicted molar refractivity (Wildman–Crippen MR) is 156 cm³/mol. The number of methoxy groups -OCH3 is 1. The lowest BCUT2D eigenvalue weighted by molar-refractivity contribution is -0.141. The molecule has 0 aromatic heterocycles. The average Bonchev–Trinajstić information content (AvgIpc) is 3.62. The first-order chi connectivity index (χ1) is 19.8. The second kappa shape index (κ2) is 11.3. The van der Waals surface area contributed by atoms with Crippen molar-refractivity contribution >= 4 is 23.4 Å². The number of hydrogen-bond acceptors (Lipinski definition) is 5. The quantitative estimate of drug-likeness (QED) is 0.452. The highest BCUT2D eigenvalue weighted by atomic mass is 16.5. The summed E-state index contributed by atoms with van der Waals surface area (Å²) in [5.41, 5.74) is 0.831. The average molecular weight is 562 g/mol. The molecule has 0 unspecified atom stereocenters. The number of allylic oxidation sites excluding steroid dienone is 1. The Morgan fingerprint density at radius 2 is 1.90 bits per heavy atom. The minimum absolute atomic E-state index is 0.0662. The van der Waals surface area contributed by atoms with Gasteiger partial charge in [-0.15, -0.1) is 0 Å². The molecule has 1 aromatic carbocycles. The third-order valence-electron chi connectivity index (χ3n) is 10.4. The van der Waals surface area contributed by atoms with E-state index in [-0.39, 0.29) is 23.8 Å². The zero-order valence-electron chi connectivity index (χ0n) is 24.4. The summed E-state index contributed by atoms with van der Waals surface area (Å²) in [4.78, 5) is 43.8. The Kier molecular flexibility index (Phi) is 7.70. The Bertz CT molecular complexity index is 1240. The monoisotopic (exact) mass is 561 g/mol. The van der Waals surface area contributed by atoms with Crippen molar-refractivity contribution in [3.63, 3.8) is 0 Å². The molecule has 220 valence electrons. The molecule has 6 rings (SSSR count). The lowest BCUT2D eigenvalue weighted by Gasteiger charge is -2.38. The molecule has 2 bridgehead atoms. The maximum Gasteiger partial charge on any atom is 0.246 e. The highest BCUT2D eigenvalue weighted by Gasteiger charge is 2.72. The topological polar surface area (TPSA) is 97.0 Å². The molecule has 3 amide bonds. The number of likely N-dealkylation sites (tertiary alicyclic amines) is 1. The van der Waals surface area contributed by atoms with Crippen LogP contribution in [0, 0.1) is 23.7 Å². The van der Waals surface area contributed by atoms with Gasteiger partial charge in [-0.2, -0.15) is 0 Å². The van der Waals surface area contributed by atoms with Crippen molar-refractivity contribution < 1.29 is 23.9 Å². The lowest BCUT2D eigenvalue weighted by Crippen LogP contribution is -2.58. The first-order valence-corrected chi connectivity index (χ1v) is 15.4. The molecule has 8 heteroatoms. The van der Waals surface area contributed by atoms with E-state index in [2.05, 4.69) is 30.6 Å². The Balaban J connectivity index is 1.27. The fourth-order valence-corrected chi connectivity index (χ4v) is 7.85. The van der Waals surface area contributed by atoms with Crippen LogP contribution in [0.15, 0.2) is 48.1 Å². The summed E-state index contributed by atoms with van der Waals surface area (Å²) in [6, 6.07) is 6.39. The van der Waals surface area contributed by atoms with Gasteiger partial charge in [-0.05, 0) is 74.6 Å². The summed E-state index contributed by atoms with van der Waals surface area (Å²) in [6.45, 7) is 4.91. The maximum atomic E-state index is 14.2. The van der Waals surface area contributed by atoms with E-state index in [1.54, 1.807) is 36.3 Å². The highest BCUT2D eigenvalue weighted by Crippen LogP contribution is 2.55. The number of nitrogens with zero attached hydrogens (tertiary/aromatic N) is 1.